The van der Waals surface area contributed by atoms with Crippen LogP contribution in [0.2, 0.25) is 0 Å². The van der Waals surface area contributed by atoms with Crippen LogP contribution in [0, 0.1) is 0 Å². The molecule has 2 atom stereocenters. The van der Waals surface area contributed by atoms with Crippen molar-refractivity contribution in [3.63, 3.8) is 0 Å². The third-order valence-electron chi connectivity index (χ3n) is 3.74. The smallest absolute Gasteiger partial charge is 0.224 e. The standard InChI is InChI=1S/C15H22N2O/c1-15(2,3)11-7-5-10(6-8-11)14-12(16)9-13(18)17(14)4/h5-8,12,14H,9,16H2,1-4H3/t12-,14+/m0/s1. The van der Waals surface area contributed by atoms with Crippen LogP contribution in [-0.2, 0) is 10.2 Å². The van der Waals surface area contributed by atoms with Crippen LogP contribution in [0.3, 0.4) is 0 Å². The van der Waals surface area contributed by atoms with E-state index in [1.165, 1.54) is 5.56 Å². The minimum Gasteiger partial charge on any atom is -0.337 e. The number of likely N-dealkylation sites (tertiary alicyclic amines) is 1. The second-order valence-electron chi connectivity index (χ2n) is 6.19. The first-order chi connectivity index (χ1) is 8.30. The van der Waals surface area contributed by atoms with E-state index in [0.29, 0.717) is 6.42 Å². The lowest BCUT2D eigenvalue weighted by Gasteiger charge is -2.25. The fourth-order valence-electron chi connectivity index (χ4n) is 2.55. The summed E-state index contributed by atoms with van der Waals surface area (Å²) in [6.45, 7) is 6.58. The Hall–Kier alpha value is -1.35. The molecule has 0 radical (unpaired) electrons. The largest absolute Gasteiger partial charge is 0.337 e. The molecule has 1 aromatic rings. The molecule has 0 aliphatic carbocycles. The molecule has 3 nitrogen and oxygen atoms in total. The van der Waals surface area contributed by atoms with E-state index in [9.17, 15) is 4.79 Å². The maximum atomic E-state index is 11.6. The van der Waals surface area contributed by atoms with Gasteiger partial charge in [-0.2, -0.15) is 0 Å². The van der Waals surface area contributed by atoms with Gasteiger partial charge in [0.2, 0.25) is 5.91 Å². The highest BCUT2D eigenvalue weighted by Crippen LogP contribution is 2.32. The van der Waals surface area contributed by atoms with Gasteiger partial charge in [-0.1, -0.05) is 45.0 Å². The SMILES string of the molecule is CN1C(=O)C[C@H](N)[C@H]1c1ccc(C(C)(C)C)cc1. The van der Waals surface area contributed by atoms with Gasteiger partial charge < -0.3 is 10.6 Å². The molecule has 1 aliphatic heterocycles. The van der Waals surface area contributed by atoms with Gasteiger partial charge in [0.1, 0.15) is 0 Å². The van der Waals surface area contributed by atoms with Gasteiger partial charge in [-0.05, 0) is 16.5 Å². The monoisotopic (exact) mass is 246 g/mol. The van der Waals surface area contributed by atoms with Gasteiger partial charge in [-0.3, -0.25) is 4.79 Å². The number of benzene rings is 1. The third kappa shape index (κ3) is 2.27. The molecule has 2 rings (SSSR count). The molecule has 1 heterocycles. The Morgan fingerprint density at radius 1 is 1.22 bits per heavy atom. The summed E-state index contributed by atoms with van der Waals surface area (Å²) in [5, 5.41) is 0. The fourth-order valence-corrected chi connectivity index (χ4v) is 2.55. The van der Waals surface area contributed by atoms with Gasteiger partial charge >= 0.3 is 0 Å². The molecule has 0 bridgehead atoms. The molecule has 0 unspecified atom stereocenters. The van der Waals surface area contributed by atoms with E-state index < -0.39 is 0 Å². The van der Waals surface area contributed by atoms with Crippen LogP contribution < -0.4 is 5.73 Å². The molecular weight excluding hydrogens is 224 g/mol. The van der Waals surface area contributed by atoms with Crippen LogP contribution in [0.5, 0.6) is 0 Å². The number of carbonyl (C=O) groups excluding carboxylic acids is 1. The summed E-state index contributed by atoms with van der Waals surface area (Å²) in [5.41, 5.74) is 8.63. The molecule has 1 aliphatic rings. The van der Waals surface area contributed by atoms with Crippen LogP contribution in [0.1, 0.15) is 44.4 Å². The van der Waals surface area contributed by atoms with Crippen LogP contribution in [0.4, 0.5) is 0 Å². The summed E-state index contributed by atoms with van der Waals surface area (Å²) in [6, 6.07) is 8.40. The minimum absolute atomic E-state index is 0.0199. The Kier molecular flexibility index (Phi) is 3.20. The molecule has 0 aromatic heterocycles. The Balaban J connectivity index is 2.28. The molecule has 18 heavy (non-hydrogen) atoms. The van der Waals surface area contributed by atoms with E-state index in [2.05, 4.69) is 45.0 Å². The van der Waals surface area contributed by atoms with Crippen molar-refractivity contribution in [2.45, 2.75) is 44.7 Å². The Morgan fingerprint density at radius 2 is 1.78 bits per heavy atom. The average molecular weight is 246 g/mol. The first-order valence-electron chi connectivity index (χ1n) is 6.42. The molecule has 0 saturated carbocycles. The maximum Gasteiger partial charge on any atom is 0.224 e. The predicted octanol–water partition coefficient (Wildman–Crippen LogP) is 2.21. The Labute approximate surface area is 109 Å². The van der Waals surface area contributed by atoms with Gasteiger partial charge in [-0.25, -0.2) is 0 Å². The van der Waals surface area contributed by atoms with Crippen molar-refractivity contribution in [1.82, 2.24) is 4.90 Å². The normalized spacial score (nSPS) is 24.7. The van der Waals surface area contributed by atoms with Crippen molar-refractivity contribution in [2.75, 3.05) is 7.05 Å². The van der Waals surface area contributed by atoms with Crippen molar-refractivity contribution in [2.24, 2.45) is 5.73 Å². The number of nitrogens with zero attached hydrogens (tertiary/aromatic N) is 1. The number of rotatable bonds is 1. The van der Waals surface area contributed by atoms with E-state index in [-0.39, 0.29) is 23.4 Å². The van der Waals surface area contributed by atoms with E-state index in [1.54, 1.807) is 4.90 Å². The number of nitrogens with two attached hydrogens (primary N) is 1. The molecule has 2 N–H and O–H groups in total. The zero-order valence-corrected chi connectivity index (χ0v) is 11.6. The highest BCUT2D eigenvalue weighted by atomic mass is 16.2. The van der Waals surface area contributed by atoms with E-state index >= 15 is 0 Å². The summed E-state index contributed by atoms with van der Waals surface area (Å²) in [4.78, 5) is 13.4. The van der Waals surface area contributed by atoms with Crippen LogP contribution >= 0.6 is 0 Å². The highest BCUT2D eigenvalue weighted by molar-refractivity contribution is 5.80. The van der Waals surface area contributed by atoms with Gasteiger partial charge in [0.05, 0.1) is 6.04 Å². The molecule has 1 amide bonds. The maximum absolute atomic E-state index is 11.6. The Morgan fingerprint density at radius 3 is 2.17 bits per heavy atom. The topological polar surface area (TPSA) is 46.3 Å². The van der Waals surface area contributed by atoms with E-state index in [0.717, 1.165) is 5.56 Å². The van der Waals surface area contributed by atoms with Crippen LogP contribution in [-0.4, -0.2) is 23.9 Å². The number of carbonyl (C=O) groups is 1. The zero-order valence-electron chi connectivity index (χ0n) is 11.6. The molecule has 1 aromatic carbocycles. The first-order valence-corrected chi connectivity index (χ1v) is 6.42. The number of hydrogen-bond donors (Lipinski definition) is 1. The third-order valence-corrected chi connectivity index (χ3v) is 3.74. The number of hydrogen-bond acceptors (Lipinski definition) is 2. The molecule has 3 heteroatoms. The van der Waals surface area contributed by atoms with Crippen molar-refractivity contribution < 1.29 is 4.79 Å². The van der Waals surface area contributed by atoms with Crippen molar-refractivity contribution >= 4 is 5.91 Å². The molecule has 98 valence electrons. The summed E-state index contributed by atoms with van der Waals surface area (Å²) < 4.78 is 0. The first kappa shape index (κ1) is 13.1. The van der Waals surface area contributed by atoms with Crippen LogP contribution in [0.25, 0.3) is 0 Å². The lowest BCUT2D eigenvalue weighted by atomic mass is 9.86. The quantitative estimate of drug-likeness (QED) is 0.826. The summed E-state index contributed by atoms with van der Waals surface area (Å²) in [7, 11) is 1.83. The molecule has 1 saturated heterocycles. The second-order valence-corrected chi connectivity index (χ2v) is 6.19. The lowest BCUT2D eigenvalue weighted by Crippen LogP contribution is -2.30. The zero-order chi connectivity index (χ0) is 13.5. The van der Waals surface area contributed by atoms with E-state index in [1.807, 2.05) is 7.05 Å². The summed E-state index contributed by atoms with van der Waals surface area (Å²) >= 11 is 0. The van der Waals surface area contributed by atoms with Crippen LogP contribution in [0.15, 0.2) is 24.3 Å². The summed E-state index contributed by atoms with van der Waals surface area (Å²) in [5.74, 6) is 0.132. The molecular formula is C15H22N2O. The van der Waals surface area contributed by atoms with Gasteiger partial charge in [-0.15, -0.1) is 0 Å². The second kappa shape index (κ2) is 4.39. The average Bonchev–Trinajstić information content (AvgIpc) is 2.52. The minimum atomic E-state index is -0.0945. The highest BCUT2D eigenvalue weighted by Gasteiger charge is 2.36. The summed E-state index contributed by atoms with van der Waals surface area (Å²) in [6.07, 6.45) is 0.447. The van der Waals surface area contributed by atoms with Gasteiger partial charge in [0.25, 0.3) is 0 Å². The molecule has 1 fully saturated rings. The van der Waals surface area contributed by atoms with Gasteiger partial charge in [0.15, 0.2) is 0 Å². The predicted molar refractivity (Wildman–Crippen MR) is 73.2 cm³/mol. The van der Waals surface area contributed by atoms with Crippen molar-refractivity contribution in [1.29, 1.82) is 0 Å². The fraction of sp³-hybridized carbons (Fsp3) is 0.533. The number of likely N-dealkylation sites (N-methyl/N-ethyl adjacent to an activating group) is 1. The number of amides is 1. The lowest BCUT2D eigenvalue weighted by molar-refractivity contribution is -0.127. The van der Waals surface area contributed by atoms with Crippen molar-refractivity contribution in [3.05, 3.63) is 35.4 Å². The Bertz CT molecular complexity index is 445. The molecule has 0 spiro atoms. The van der Waals surface area contributed by atoms with E-state index in [4.69, 9.17) is 5.73 Å². The van der Waals surface area contributed by atoms with Gasteiger partial charge in [0, 0.05) is 19.5 Å². The van der Waals surface area contributed by atoms with Crippen molar-refractivity contribution in [3.8, 4) is 0 Å².